The first-order valence-corrected chi connectivity index (χ1v) is 7.24. The standard InChI is InChI=1S/C15H23NO4/c1-3-4-9-20-11(2)13(17)16-7-5-15(6-8-16)10-12(15)14(18)19/h3,11-12H,1,4-10H2,2H3,(H,18,19). The molecule has 5 nitrogen and oxygen atoms in total. The van der Waals surface area contributed by atoms with E-state index in [4.69, 9.17) is 9.84 Å². The van der Waals surface area contributed by atoms with Gasteiger partial charge in [0.1, 0.15) is 6.10 Å². The van der Waals surface area contributed by atoms with Gasteiger partial charge in [0, 0.05) is 13.1 Å². The summed E-state index contributed by atoms with van der Waals surface area (Å²) in [5, 5.41) is 9.05. The second-order valence-electron chi connectivity index (χ2n) is 5.87. The van der Waals surface area contributed by atoms with Crippen molar-refractivity contribution in [2.75, 3.05) is 19.7 Å². The van der Waals surface area contributed by atoms with Gasteiger partial charge < -0.3 is 14.7 Å². The van der Waals surface area contributed by atoms with E-state index in [-0.39, 0.29) is 17.2 Å². The van der Waals surface area contributed by atoms with Gasteiger partial charge in [-0.05, 0) is 38.0 Å². The lowest BCUT2D eigenvalue weighted by Gasteiger charge is -2.34. The number of piperidine rings is 1. The largest absolute Gasteiger partial charge is 0.481 e. The molecule has 1 N–H and O–H groups in total. The van der Waals surface area contributed by atoms with Crippen LogP contribution in [-0.4, -0.2) is 47.7 Å². The summed E-state index contributed by atoms with van der Waals surface area (Å²) < 4.78 is 5.47. The van der Waals surface area contributed by atoms with Crippen molar-refractivity contribution in [1.82, 2.24) is 4.90 Å². The highest BCUT2D eigenvalue weighted by Crippen LogP contribution is 2.59. The molecule has 0 bridgehead atoms. The number of likely N-dealkylation sites (tertiary alicyclic amines) is 1. The summed E-state index contributed by atoms with van der Waals surface area (Å²) in [4.78, 5) is 25.0. The van der Waals surface area contributed by atoms with Crippen molar-refractivity contribution in [2.45, 2.75) is 38.7 Å². The molecule has 2 aliphatic rings. The van der Waals surface area contributed by atoms with Gasteiger partial charge in [-0.3, -0.25) is 9.59 Å². The first-order valence-electron chi connectivity index (χ1n) is 7.24. The monoisotopic (exact) mass is 281 g/mol. The molecule has 2 fully saturated rings. The Bertz CT molecular complexity index is 399. The zero-order valence-electron chi connectivity index (χ0n) is 12.0. The molecule has 0 aromatic carbocycles. The first kappa shape index (κ1) is 15.0. The average molecular weight is 281 g/mol. The Morgan fingerprint density at radius 1 is 1.50 bits per heavy atom. The highest BCUT2D eigenvalue weighted by atomic mass is 16.5. The van der Waals surface area contributed by atoms with Crippen molar-refractivity contribution in [3.63, 3.8) is 0 Å². The van der Waals surface area contributed by atoms with Crippen LogP contribution in [0, 0.1) is 11.3 Å². The zero-order chi connectivity index (χ0) is 14.8. The maximum Gasteiger partial charge on any atom is 0.307 e. The summed E-state index contributed by atoms with van der Waals surface area (Å²) >= 11 is 0. The molecule has 0 aromatic rings. The van der Waals surface area contributed by atoms with Crippen LogP contribution in [0.3, 0.4) is 0 Å². The second kappa shape index (κ2) is 5.95. The van der Waals surface area contributed by atoms with Crippen LogP contribution >= 0.6 is 0 Å². The van der Waals surface area contributed by atoms with Crippen molar-refractivity contribution in [1.29, 1.82) is 0 Å². The predicted octanol–water partition coefficient (Wildman–Crippen LogP) is 1.68. The number of hydrogen-bond donors (Lipinski definition) is 1. The lowest BCUT2D eigenvalue weighted by molar-refractivity contribution is -0.144. The van der Waals surface area contributed by atoms with Crippen LogP contribution in [0.5, 0.6) is 0 Å². The number of aliphatic carboxylic acids is 1. The van der Waals surface area contributed by atoms with Crippen LogP contribution in [0.1, 0.15) is 32.6 Å². The Labute approximate surface area is 119 Å². The predicted molar refractivity (Wildman–Crippen MR) is 74.2 cm³/mol. The molecule has 1 saturated heterocycles. The molecular weight excluding hydrogens is 258 g/mol. The van der Waals surface area contributed by atoms with Crippen LogP contribution < -0.4 is 0 Å². The fourth-order valence-corrected chi connectivity index (χ4v) is 3.08. The highest BCUT2D eigenvalue weighted by molar-refractivity contribution is 5.81. The highest BCUT2D eigenvalue weighted by Gasteiger charge is 2.59. The Kier molecular flexibility index (Phi) is 4.48. The number of amides is 1. The van der Waals surface area contributed by atoms with Gasteiger partial charge in [-0.2, -0.15) is 0 Å². The second-order valence-corrected chi connectivity index (χ2v) is 5.87. The Balaban J connectivity index is 1.77. The van der Waals surface area contributed by atoms with E-state index in [1.165, 1.54) is 0 Å². The SMILES string of the molecule is C=CCCOC(C)C(=O)N1CCC2(CC1)CC2C(=O)O. The number of hydrogen-bond acceptors (Lipinski definition) is 3. The molecule has 2 atom stereocenters. The van der Waals surface area contributed by atoms with Crippen LogP contribution in [0.15, 0.2) is 12.7 Å². The lowest BCUT2D eigenvalue weighted by Crippen LogP contribution is -2.44. The van der Waals surface area contributed by atoms with E-state index in [0.29, 0.717) is 19.7 Å². The van der Waals surface area contributed by atoms with Crippen LogP contribution in [0.4, 0.5) is 0 Å². The number of carbonyl (C=O) groups is 2. The van der Waals surface area contributed by atoms with Crippen molar-refractivity contribution in [2.24, 2.45) is 11.3 Å². The van der Waals surface area contributed by atoms with E-state index in [0.717, 1.165) is 25.7 Å². The van der Waals surface area contributed by atoms with Gasteiger partial charge in [-0.1, -0.05) is 6.08 Å². The number of ether oxygens (including phenoxy) is 1. The van der Waals surface area contributed by atoms with E-state index in [2.05, 4.69) is 6.58 Å². The molecule has 20 heavy (non-hydrogen) atoms. The third kappa shape index (κ3) is 3.03. The molecule has 5 heteroatoms. The molecule has 1 heterocycles. The maximum atomic E-state index is 12.2. The van der Waals surface area contributed by atoms with Gasteiger partial charge in [0.25, 0.3) is 5.91 Å². The Hall–Kier alpha value is -1.36. The van der Waals surface area contributed by atoms with Crippen LogP contribution in [0.25, 0.3) is 0 Å². The lowest BCUT2D eigenvalue weighted by atomic mass is 9.90. The number of rotatable bonds is 6. The van der Waals surface area contributed by atoms with Gasteiger partial charge in [-0.25, -0.2) is 0 Å². The molecule has 112 valence electrons. The van der Waals surface area contributed by atoms with Crippen LogP contribution in [-0.2, 0) is 14.3 Å². The molecule has 1 saturated carbocycles. The van der Waals surface area contributed by atoms with Crippen molar-refractivity contribution >= 4 is 11.9 Å². The zero-order valence-corrected chi connectivity index (χ0v) is 12.0. The fraction of sp³-hybridized carbons (Fsp3) is 0.733. The van der Waals surface area contributed by atoms with Gasteiger partial charge in [-0.15, -0.1) is 6.58 Å². The van der Waals surface area contributed by atoms with Crippen molar-refractivity contribution < 1.29 is 19.4 Å². The molecule has 1 amide bonds. The average Bonchev–Trinajstić information content (AvgIpc) is 3.13. The minimum absolute atomic E-state index is 0.0106. The van der Waals surface area contributed by atoms with Crippen molar-refractivity contribution in [3.05, 3.63) is 12.7 Å². The minimum atomic E-state index is -0.689. The molecule has 2 unspecified atom stereocenters. The third-order valence-corrected chi connectivity index (χ3v) is 4.60. The number of carboxylic acid groups (broad SMARTS) is 1. The summed E-state index contributed by atoms with van der Waals surface area (Å²) in [6, 6.07) is 0. The number of nitrogens with zero attached hydrogens (tertiary/aromatic N) is 1. The normalized spacial score (nSPS) is 25.2. The summed E-state index contributed by atoms with van der Waals surface area (Å²) in [5.41, 5.74) is -0.0322. The fourth-order valence-electron chi connectivity index (χ4n) is 3.08. The number of carboxylic acids is 1. The molecule has 1 aliphatic heterocycles. The summed E-state index contributed by atoms with van der Waals surface area (Å²) in [7, 11) is 0. The van der Waals surface area contributed by atoms with Gasteiger partial charge in [0.2, 0.25) is 0 Å². The van der Waals surface area contributed by atoms with E-state index in [1.54, 1.807) is 17.9 Å². The molecule has 0 aromatic heterocycles. The Morgan fingerprint density at radius 3 is 2.65 bits per heavy atom. The number of carbonyl (C=O) groups excluding carboxylic acids is 1. The van der Waals surface area contributed by atoms with Gasteiger partial charge >= 0.3 is 5.97 Å². The van der Waals surface area contributed by atoms with E-state index < -0.39 is 12.1 Å². The topological polar surface area (TPSA) is 66.8 Å². The molecule has 2 rings (SSSR count). The quantitative estimate of drug-likeness (QED) is 0.594. The van der Waals surface area contributed by atoms with Gasteiger partial charge in [0.05, 0.1) is 12.5 Å². The summed E-state index contributed by atoms with van der Waals surface area (Å²) in [6.07, 6.45) is 4.44. The molecular formula is C15H23NO4. The maximum absolute atomic E-state index is 12.2. The summed E-state index contributed by atoms with van der Waals surface area (Å²) in [6.45, 7) is 7.19. The molecule has 1 spiro atoms. The smallest absolute Gasteiger partial charge is 0.307 e. The van der Waals surface area contributed by atoms with E-state index in [1.807, 2.05) is 0 Å². The Morgan fingerprint density at radius 2 is 2.15 bits per heavy atom. The molecule has 1 aliphatic carbocycles. The molecule has 0 radical (unpaired) electrons. The van der Waals surface area contributed by atoms with E-state index >= 15 is 0 Å². The van der Waals surface area contributed by atoms with Crippen LogP contribution in [0.2, 0.25) is 0 Å². The first-order chi connectivity index (χ1) is 9.50. The third-order valence-electron chi connectivity index (χ3n) is 4.60. The minimum Gasteiger partial charge on any atom is -0.481 e. The van der Waals surface area contributed by atoms with Gasteiger partial charge in [0.15, 0.2) is 0 Å². The summed E-state index contributed by atoms with van der Waals surface area (Å²) in [5.74, 6) is -0.872. The van der Waals surface area contributed by atoms with Crippen molar-refractivity contribution in [3.8, 4) is 0 Å². The van der Waals surface area contributed by atoms with E-state index in [9.17, 15) is 9.59 Å².